The molecule has 0 spiro atoms. The van der Waals surface area contributed by atoms with Crippen molar-refractivity contribution in [1.82, 2.24) is 29.1 Å². The third-order valence-corrected chi connectivity index (χ3v) is 9.81. The normalized spacial score (nSPS) is 22.6. The number of imidazole rings is 1. The number of H-pyrrole nitrogens is 2. The van der Waals surface area contributed by atoms with Crippen LogP contribution >= 0.6 is 7.82 Å². The summed E-state index contributed by atoms with van der Waals surface area (Å²) in [7, 11) is -4.39. The molecule has 0 amide bonds. The zero-order chi connectivity index (χ0) is 36.8. The van der Waals surface area contributed by atoms with Gasteiger partial charge >= 0.3 is 19.5 Å². The molecule has 0 bridgehead atoms. The van der Waals surface area contributed by atoms with Crippen molar-refractivity contribution in [2.75, 3.05) is 13.2 Å². The number of nitrogens with one attached hydrogen (secondary N) is 2. The Kier molecular flexibility index (Phi) is 11.5. The first-order chi connectivity index (χ1) is 25.1. The molecule has 4 aromatic rings. The minimum absolute atomic E-state index is 0.0611. The van der Waals surface area contributed by atoms with Crippen LogP contribution in [0.4, 0.5) is 0 Å². The van der Waals surface area contributed by atoms with Gasteiger partial charge < -0.3 is 19.2 Å². The summed E-state index contributed by atoms with van der Waals surface area (Å²) in [4.78, 5) is 64.3. The lowest BCUT2D eigenvalue weighted by Crippen LogP contribution is -2.33. The monoisotopic (exact) mass is 741 g/mol. The van der Waals surface area contributed by atoms with Gasteiger partial charge in [-0.1, -0.05) is 24.2 Å². The first-order valence-electron chi connectivity index (χ1n) is 16.5. The second kappa shape index (κ2) is 16.2. The number of fused-ring (bicyclic) bond motifs is 1. The lowest BCUT2D eigenvalue weighted by Gasteiger charge is -2.23. The number of azide groups is 1. The molecule has 0 aliphatic carbocycles. The fourth-order valence-electron chi connectivity index (χ4n) is 5.76. The van der Waals surface area contributed by atoms with E-state index in [1.54, 1.807) is 28.8 Å². The first kappa shape index (κ1) is 36.8. The molecule has 21 heteroatoms. The second-order valence-corrected chi connectivity index (χ2v) is 13.8. The molecule has 52 heavy (non-hydrogen) atoms. The highest BCUT2D eigenvalue weighted by Gasteiger charge is 2.40. The molecule has 2 fully saturated rings. The average molecular weight is 742 g/mol. The average Bonchev–Trinajstić information content (AvgIpc) is 3.87. The van der Waals surface area contributed by atoms with Crippen LogP contribution in [0.3, 0.4) is 0 Å². The van der Waals surface area contributed by atoms with Crippen LogP contribution in [0.2, 0.25) is 0 Å². The zero-order valence-electron chi connectivity index (χ0n) is 28.2. The molecule has 2 aliphatic rings. The number of esters is 1. The molecule has 20 nitrogen and oxygen atoms in total. The molecule has 2 saturated heterocycles. The van der Waals surface area contributed by atoms with Gasteiger partial charge in [-0.05, 0) is 49.4 Å². The van der Waals surface area contributed by atoms with E-state index in [0.29, 0.717) is 36.2 Å². The summed E-state index contributed by atoms with van der Waals surface area (Å²) in [5.74, 6) is -0.0265. The van der Waals surface area contributed by atoms with Crippen molar-refractivity contribution >= 4 is 25.0 Å². The van der Waals surface area contributed by atoms with Gasteiger partial charge in [-0.15, -0.1) is 0 Å². The highest BCUT2D eigenvalue weighted by Crippen LogP contribution is 2.51. The van der Waals surface area contributed by atoms with Crippen LogP contribution < -0.4 is 21.5 Å². The largest absolute Gasteiger partial charge is 0.475 e. The Balaban J connectivity index is 1.15. The smallest absolute Gasteiger partial charge is 0.427 e. The topological polar surface area (TPSA) is 257 Å². The number of aromatic amines is 2. The summed E-state index contributed by atoms with van der Waals surface area (Å²) in [5.41, 5.74) is 8.91. The van der Waals surface area contributed by atoms with E-state index < -0.39 is 56.4 Å². The fraction of sp³-hybridized carbons (Fsp3) is 0.484. The van der Waals surface area contributed by atoms with Crippen LogP contribution in [0.15, 0.2) is 62.6 Å². The number of rotatable bonds is 15. The molecule has 0 saturated carbocycles. The van der Waals surface area contributed by atoms with Gasteiger partial charge in [0.2, 0.25) is 0 Å². The van der Waals surface area contributed by atoms with E-state index in [4.69, 9.17) is 27.8 Å². The van der Waals surface area contributed by atoms with Gasteiger partial charge in [-0.2, -0.15) is 0 Å². The third kappa shape index (κ3) is 8.56. The van der Waals surface area contributed by atoms with Gasteiger partial charge in [-0.3, -0.25) is 42.1 Å². The van der Waals surface area contributed by atoms with Crippen LogP contribution in [0, 0.1) is 6.92 Å². The van der Waals surface area contributed by atoms with Gasteiger partial charge in [0, 0.05) is 29.5 Å². The SMILES string of the molecule is CCCC(=O)Oc1ccc(COP(=O)(OC[C@@H]2CC[C@H](n3cnc4c(=O)[nH]cnc43)O2)OC[C@H]2O[C@@H](n3cc(C)c(=O)[nH]c3=O)C[C@@H]2N=[N+]=[N-])cc1. The number of carbonyl (C=O) groups excluding carboxylic acids is 1. The number of ether oxygens (including phenoxy) is 3. The van der Waals surface area contributed by atoms with Crippen LogP contribution in [0.5, 0.6) is 5.75 Å². The van der Waals surface area contributed by atoms with Gasteiger partial charge in [0.25, 0.3) is 11.1 Å². The standard InChI is InChI=1S/C31H36N9O11P/c1-3-4-26(41)50-20-7-5-19(6-8-20)13-46-52(45,47-14-21-9-10-24(49-21)40-17-35-27-28(40)33-16-34-30(27)43)48-15-23-22(37-38-32)11-25(51-23)39-12-18(2)29(42)36-31(39)44/h5-8,12,16-17,21-25H,3-4,9-11,13-15H2,1-2H3,(H,33,34,43)(H,36,42,44)/t21-,22-,23+,24+,25+,52?/m0/s1. The highest BCUT2D eigenvalue weighted by molar-refractivity contribution is 7.48. The van der Waals surface area contributed by atoms with Gasteiger partial charge in [-0.25, -0.2) is 19.3 Å². The quantitative estimate of drug-likeness (QED) is 0.0441. The number of hydrogen-bond donors (Lipinski definition) is 2. The van der Waals surface area contributed by atoms with Gasteiger partial charge in [0.15, 0.2) is 11.2 Å². The number of carbonyl (C=O) groups is 1. The Morgan fingerprint density at radius 1 is 1.06 bits per heavy atom. The Morgan fingerprint density at radius 2 is 1.85 bits per heavy atom. The molecule has 1 aromatic carbocycles. The number of phosphoric ester groups is 1. The number of hydrogen-bond acceptors (Lipinski definition) is 14. The summed E-state index contributed by atoms with van der Waals surface area (Å²) in [6.07, 6.45) is 3.09. The molecular formula is C31H36N9O11P. The van der Waals surface area contributed by atoms with Crippen LogP contribution in [0.1, 0.15) is 62.6 Å². The van der Waals surface area contributed by atoms with E-state index in [-0.39, 0.29) is 48.7 Å². The number of nitrogens with zero attached hydrogens (tertiary/aromatic N) is 7. The summed E-state index contributed by atoms with van der Waals surface area (Å²) < 4.78 is 51.7. The van der Waals surface area contributed by atoms with Crippen LogP contribution in [-0.4, -0.2) is 66.5 Å². The van der Waals surface area contributed by atoms with Crippen molar-refractivity contribution in [2.45, 2.75) is 83.3 Å². The maximum atomic E-state index is 14.2. The zero-order valence-corrected chi connectivity index (χ0v) is 29.0. The van der Waals surface area contributed by atoms with Crippen molar-refractivity contribution in [3.05, 3.63) is 95.9 Å². The van der Waals surface area contributed by atoms with Crippen molar-refractivity contribution in [1.29, 1.82) is 0 Å². The summed E-state index contributed by atoms with van der Waals surface area (Å²) >= 11 is 0. The minimum atomic E-state index is -4.39. The van der Waals surface area contributed by atoms with E-state index in [1.165, 1.54) is 30.3 Å². The molecular weight excluding hydrogens is 705 g/mol. The Labute approximate surface area is 294 Å². The van der Waals surface area contributed by atoms with Gasteiger partial charge in [0.1, 0.15) is 18.2 Å². The maximum Gasteiger partial charge on any atom is 0.475 e. The predicted octanol–water partition coefficient (Wildman–Crippen LogP) is 3.69. The van der Waals surface area contributed by atoms with Crippen LogP contribution in [-0.2, 0) is 39.0 Å². The van der Waals surface area contributed by atoms with E-state index in [2.05, 4.69) is 30.0 Å². The molecule has 2 aliphatic heterocycles. The Bertz CT molecular complexity index is 2180. The minimum Gasteiger partial charge on any atom is -0.427 e. The van der Waals surface area contributed by atoms with E-state index in [1.807, 2.05) is 6.92 Å². The van der Waals surface area contributed by atoms with Crippen molar-refractivity contribution < 1.29 is 37.1 Å². The fourth-order valence-corrected chi connectivity index (χ4v) is 6.97. The summed E-state index contributed by atoms with van der Waals surface area (Å²) in [5, 5.41) is 3.78. The molecule has 1 unspecified atom stereocenters. The van der Waals surface area contributed by atoms with Crippen molar-refractivity contribution in [3.8, 4) is 5.75 Å². The molecule has 5 heterocycles. The Hall–Kier alpha value is -4.94. The number of aromatic nitrogens is 6. The molecule has 276 valence electrons. The summed E-state index contributed by atoms with van der Waals surface area (Å²) in [6, 6.07) is 5.57. The van der Waals surface area contributed by atoms with Crippen molar-refractivity contribution in [3.63, 3.8) is 0 Å². The molecule has 6 rings (SSSR count). The number of aryl methyl sites for hydroxylation is 1. The summed E-state index contributed by atoms with van der Waals surface area (Å²) in [6.45, 7) is 2.54. The number of phosphoric acid groups is 1. The number of benzene rings is 1. The first-order valence-corrected chi connectivity index (χ1v) is 17.9. The second-order valence-electron chi connectivity index (χ2n) is 12.1. The van der Waals surface area contributed by atoms with E-state index in [0.717, 1.165) is 0 Å². The van der Waals surface area contributed by atoms with Crippen molar-refractivity contribution in [2.24, 2.45) is 5.11 Å². The van der Waals surface area contributed by atoms with Crippen LogP contribution in [0.25, 0.3) is 21.6 Å². The molecule has 0 radical (unpaired) electrons. The van der Waals surface area contributed by atoms with E-state index >= 15 is 0 Å². The Morgan fingerprint density at radius 3 is 2.62 bits per heavy atom. The maximum absolute atomic E-state index is 14.2. The predicted molar refractivity (Wildman–Crippen MR) is 180 cm³/mol. The lowest BCUT2D eigenvalue weighted by atomic mass is 10.1. The van der Waals surface area contributed by atoms with Gasteiger partial charge in [0.05, 0.1) is 50.7 Å². The lowest BCUT2D eigenvalue weighted by molar-refractivity contribution is -0.134. The molecule has 3 aromatic heterocycles. The highest BCUT2D eigenvalue weighted by atomic mass is 31.2. The molecule has 2 N–H and O–H groups in total. The van der Waals surface area contributed by atoms with E-state index in [9.17, 15) is 29.3 Å². The third-order valence-electron chi connectivity index (χ3n) is 8.43. The molecule has 6 atom stereocenters.